The van der Waals surface area contributed by atoms with Gasteiger partial charge in [-0.05, 0) is 33.0 Å². The average molecular weight is 186 g/mol. The predicted molar refractivity (Wildman–Crippen MR) is 60.1 cm³/mol. The van der Waals surface area contributed by atoms with Crippen LogP contribution in [-0.2, 0) is 0 Å². The van der Waals surface area contributed by atoms with E-state index in [4.69, 9.17) is 0 Å². The van der Waals surface area contributed by atoms with E-state index in [1.54, 1.807) is 0 Å². The van der Waals surface area contributed by atoms with Gasteiger partial charge < -0.3 is 10.2 Å². The van der Waals surface area contributed by atoms with Gasteiger partial charge in [0.2, 0.25) is 0 Å². The van der Waals surface area contributed by atoms with Crippen LogP contribution in [0.1, 0.15) is 34.1 Å². The van der Waals surface area contributed by atoms with Crippen molar-refractivity contribution in [2.45, 2.75) is 40.2 Å². The summed E-state index contributed by atoms with van der Waals surface area (Å²) in [6.45, 7) is 12.4. The van der Waals surface area contributed by atoms with Gasteiger partial charge >= 0.3 is 0 Å². The van der Waals surface area contributed by atoms with E-state index in [9.17, 15) is 0 Å². The van der Waals surface area contributed by atoms with Crippen molar-refractivity contribution in [3.8, 4) is 0 Å². The summed E-state index contributed by atoms with van der Waals surface area (Å²) in [7, 11) is 2.17. The van der Waals surface area contributed by atoms with Crippen molar-refractivity contribution in [1.29, 1.82) is 0 Å². The van der Waals surface area contributed by atoms with Gasteiger partial charge in [0.1, 0.15) is 0 Å². The van der Waals surface area contributed by atoms with Crippen LogP contribution < -0.4 is 5.32 Å². The third-order valence-electron chi connectivity index (χ3n) is 2.64. The first-order chi connectivity index (χ1) is 6.10. The Morgan fingerprint density at radius 3 is 2.31 bits per heavy atom. The molecule has 2 nitrogen and oxygen atoms in total. The van der Waals surface area contributed by atoms with Crippen LogP contribution >= 0.6 is 0 Å². The Hall–Kier alpha value is -0.0800. The second kappa shape index (κ2) is 7.34. The van der Waals surface area contributed by atoms with E-state index in [1.165, 1.54) is 6.42 Å². The Morgan fingerprint density at radius 1 is 1.23 bits per heavy atom. The summed E-state index contributed by atoms with van der Waals surface area (Å²) in [5.41, 5.74) is 0. The van der Waals surface area contributed by atoms with Gasteiger partial charge in [0.15, 0.2) is 0 Å². The number of rotatable bonds is 7. The van der Waals surface area contributed by atoms with Crippen molar-refractivity contribution in [2.24, 2.45) is 5.92 Å². The van der Waals surface area contributed by atoms with Crippen molar-refractivity contribution in [1.82, 2.24) is 10.2 Å². The normalized spacial score (nSPS) is 16.2. The standard InChI is InChI=1S/C11H26N2/c1-6-10(3)8-12-11(4)9-13(5)7-2/h10-12H,6-9H2,1-5H3. The van der Waals surface area contributed by atoms with Crippen LogP contribution in [0, 0.1) is 5.92 Å². The second-order valence-corrected chi connectivity index (χ2v) is 4.18. The first-order valence-corrected chi connectivity index (χ1v) is 5.52. The SMILES string of the molecule is CCC(C)CNC(C)CN(C)CC. The average Bonchev–Trinajstić information content (AvgIpc) is 2.13. The van der Waals surface area contributed by atoms with Crippen molar-refractivity contribution in [3.05, 3.63) is 0 Å². The number of likely N-dealkylation sites (N-methyl/N-ethyl adjacent to an activating group) is 1. The fraction of sp³-hybridized carbons (Fsp3) is 1.00. The van der Waals surface area contributed by atoms with Crippen LogP contribution in [0.25, 0.3) is 0 Å². The Balaban J connectivity index is 3.45. The molecule has 0 saturated heterocycles. The van der Waals surface area contributed by atoms with Gasteiger partial charge in [-0.3, -0.25) is 0 Å². The molecule has 0 amide bonds. The van der Waals surface area contributed by atoms with Gasteiger partial charge in [-0.1, -0.05) is 27.2 Å². The maximum absolute atomic E-state index is 3.56. The molecule has 0 rings (SSSR count). The lowest BCUT2D eigenvalue weighted by atomic mass is 10.1. The van der Waals surface area contributed by atoms with Crippen LogP contribution in [0.4, 0.5) is 0 Å². The minimum Gasteiger partial charge on any atom is -0.313 e. The second-order valence-electron chi connectivity index (χ2n) is 4.18. The highest BCUT2D eigenvalue weighted by Crippen LogP contribution is 1.98. The van der Waals surface area contributed by atoms with E-state index in [-0.39, 0.29) is 0 Å². The van der Waals surface area contributed by atoms with Crippen molar-refractivity contribution < 1.29 is 0 Å². The largest absolute Gasteiger partial charge is 0.313 e. The van der Waals surface area contributed by atoms with Crippen LogP contribution in [0.15, 0.2) is 0 Å². The molecular formula is C11H26N2. The van der Waals surface area contributed by atoms with Crippen LogP contribution in [0.2, 0.25) is 0 Å². The summed E-state index contributed by atoms with van der Waals surface area (Å²) in [5.74, 6) is 0.800. The third kappa shape index (κ3) is 7.03. The van der Waals surface area contributed by atoms with Crippen molar-refractivity contribution in [2.75, 3.05) is 26.7 Å². The molecule has 0 aromatic carbocycles. The molecule has 2 heteroatoms. The molecule has 0 aromatic heterocycles. The monoisotopic (exact) mass is 186 g/mol. The van der Waals surface area contributed by atoms with Gasteiger partial charge in [-0.25, -0.2) is 0 Å². The molecule has 0 radical (unpaired) electrons. The smallest absolute Gasteiger partial charge is 0.0166 e. The van der Waals surface area contributed by atoms with Gasteiger partial charge in [-0.15, -0.1) is 0 Å². The minimum atomic E-state index is 0.610. The van der Waals surface area contributed by atoms with Crippen LogP contribution in [0.5, 0.6) is 0 Å². The lowest BCUT2D eigenvalue weighted by Crippen LogP contribution is -2.39. The fourth-order valence-corrected chi connectivity index (χ4v) is 1.21. The molecule has 0 heterocycles. The predicted octanol–water partition coefficient (Wildman–Crippen LogP) is 1.96. The maximum atomic E-state index is 3.56. The quantitative estimate of drug-likeness (QED) is 0.654. The molecule has 0 saturated carbocycles. The molecule has 0 aliphatic carbocycles. The van der Waals surface area contributed by atoms with Gasteiger partial charge in [-0.2, -0.15) is 0 Å². The molecule has 0 aromatic rings. The van der Waals surface area contributed by atoms with Crippen molar-refractivity contribution >= 4 is 0 Å². The fourth-order valence-electron chi connectivity index (χ4n) is 1.21. The first kappa shape index (κ1) is 12.9. The van der Waals surface area contributed by atoms with E-state index in [0.717, 1.165) is 25.6 Å². The van der Waals surface area contributed by atoms with E-state index >= 15 is 0 Å². The molecule has 80 valence electrons. The molecule has 0 aliphatic rings. The minimum absolute atomic E-state index is 0.610. The highest BCUT2D eigenvalue weighted by atomic mass is 15.1. The van der Waals surface area contributed by atoms with E-state index in [1.807, 2.05) is 0 Å². The summed E-state index contributed by atoms with van der Waals surface area (Å²) in [5, 5.41) is 3.56. The Bertz CT molecular complexity index is 115. The summed E-state index contributed by atoms with van der Waals surface area (Å²) < 4.78 is 0. The molecule has 1 N–H and O–H groups in total. The highest BCUT2D eigenvalue weighted by Gasteiger charge is 2.05. The number of nitrogens with one attached hydrogen (secondary N) is 1. The Labute approximate surface area is 83.7 Å². The molecule has 2 atom stereocenters. The zero-order valence-electron chi connectivity index (χ0n) is 9.93. The van der Waals surface area contributed by atoms with Crippen molar-refractivity contribution in [3.63, 3.8) is 0 Å². The molecule has 13 heavy (non-hydrogen) atoms. The van der Waals surface area contributed by atoms with Crippen LogP contribution in [0.3, 0.4) is 0 Å². The zero-order chi connectivity index (χ0) is 10.3. The summed E-state index contributed by atoms with van der Waals surface area (Å²) in [6.07, 6.45) is 1.27. The highest BCUT2D eigenvalue weighted by molar-refractivity contribution is 4.66. The Morgan fingerprint density at radius 2 is 1.85 bits per heavy atom. The zero-order valence-corrected chi connectivity index (χ0v) is 9.93. The Kier molecular flexibility index (Phi) is 7.29. The number of hydrogen-bond acceptors (Lipinski definition) is 2. The summed E-state index contributed by atoms with van der Waals surface area (Å²) in [6, 6.07) is 0.610. The van der Waals surface area contributed by atoms with Gasteiger partial charge in [0.25, 0.3) is 0 Å². The van der Waals surface area contributed by atoms with Gasteiger partial charge in [0.05, 0.1) is 0 Å². The van der Waals surface area contributed by atoms with Crippen LogP contribution in [-0.4, -0.2) is 37.6 Å². The maximum Gasteiger partial charge on any atom is 0.0166 e. The van der Waals surface area contributed by atoms with E-state index in [2.05, 4.69) is 45.0 Å². The molecule has 0 bridgehead atoms. The molecule has 2 unspecified atom stereocenters. The first-order valence-electron chi connectivity index (χ1n) is 5.52. The summed E-state index contributed by atoms with van der Waals surface area (Å²) in [4.78, 5) is 2.34. The molecule has 0 spiro atoms. The summed E-state index contributed by atoms with van der Waals surface area (Å²) >= 11 is 0. The van der Waals surface area contributed by atoms with Gasteiger partial charge in [0, 0.05) is 12.6 Å². The number of hydrogen-bond donors (Lipinski definition) is 1. The van der Waals surface area contributed by atoms with E-state index in [0.29, 0.717) is 6.04 Å². The lowest BCUT2D eigenvalue weighted by Gasteiger charge is -2.22. The third-order valence-corrected chi connectivity index (χ3v) is 2.64. The molecular weight excluding hydrogens is 160 g/mol. The molecule has 0 fully saturated rings. The number of nitrogens with zero attached hydrogens (tertiary/aromatic N) is 1. The lowest BCUT2D eigenvalue weighted by molar-refractivity contribution is 0.302. The van der Waals surface area contributed by atoms with E-state index < -0.39 is 0 Å². The molecule has 0 aliphatic heterocycles. The topological polar surface area (TPSA) is 15.3 Å².